The zero-order valence-corrected chi connectivity index (χ0v) is 17.6. The first kappa shape index (κ1) is 19.8. The van der Waals surface area contributed by atoms with Gasteiger partial charge in [-0.3, -0.25) is 4.98 Å². The summed E-state index contributed by atoms with van der Waals surface area (Å²) in [6, 6.07) is 17.1. The van der Waals surface area contributed by atoms with Crippen LogP contribution in [0.5, 0.6) is 0 Å². The van der Waals surface area contributed by atoms with Crippen molar-refractivity contribution in [3.05, 3.63) is 71.5 Å². The monoisotopic (exact) mass is 405 g/mol. The number of pyridine rings is 1. The number of nitrogens with one attached hydrogen (secondary N) is 1. The second kappa shape index (κ2) is 8.89. The molecule has 0 radical (unpaired) electrons. The normalized spacial score (nSPS) is 15.9. The third-order valence-electron chi connectivity index (χ3n) is 5.65. The fourth-order valence-electron chi connectivity index (χ4n) is 4.13. The van der Waals surface area contributed by atoms with Gasteiger partial charge in [-0.15, -0.1) is 0 Å². The molecule has 29 heavy (non-hydrogen) atoms. The van der Waals surface area contributed by atoms with Gasteiger partial charge in [0.1, 0.15) is 0 Å². The Labute approximate surface area is 177 Å². The SMILES string of the molecule is CCCc1cc2c(NC(=S)N3Cc4ccccc4C[C@H]3CCO)cccc2cn1. The van der Waals surface area contributed by atoms with Crippen molar-refractivity contribution in [2.75, 3.05) is 11.9 Å². The number of benzene rings is 2. The average molecular weight is 406 g/mol. The van der Waals surface area contributed by atoms with Gasteiger partial charge in [0.2, 0.25) is 0 Å². The first-order valence-electron chi connectivity index (χ1n) is 10.3. The maximum absolute atomic E-state index is 9.58. The lowest BCUT2D eigenvalue weighted by Crippen LogP contribution is -2.46. The van der Waals surface area contributed by atoms with Gasteiger partial charge < -0.3 is 15.3 Å². The molecule has 0 spiro atoms. The van der Waals surface area contributed by atoms with Crippen LogP contribution in [0.1, 0.15) is 36.6 Å². The highest BCUT2D eigenvalue weighted by molar-refractivity contribution is 7.80. The topological polar surface area (TPSA) is 48.4 Å². The van der Waals surface area contributed by atoms with Crippen LogP contribution in [0, 0.1) is 0 Å². The quantitative estimate of drug-likeness (QED) is 0.603. The fourth-order valence-corrected chi connectivity index (χ4v) is 4.46. The van der Waals surface area contributed by atoms with Crippen molar-refractivity contribution in [1.82, 2.24) is 9.88 Å². The molecule has 1 aromatic heterocycles. The predicted molar refractivity (Wildman–Crippen MR) is 123 cm³/mol. The van der Waals surface area contributed by atoms with Crippen LogP contribution in [-0.4, -0.2) is 32.8 Å². The Bertz CT molecular complexity index is 1020. The van der Waals surface area contributed by atoms with E-state index in [1.54, 1.807) is 0 Å². The Hall–Kier alpha value is -2.50. The van der Waals surface area contributed by atoms with Gasteiger partial charge in [-0.05, 0) is 54.7 Å². The summed E-state index contributed by atoms with van der Waals surface area (Å²) in [7, 11) is 0. The van der Waals surface area contributed by atoms with E-state index in [2.05, 4.69) is 64.6 Å². The first-order chi connectivity index (χ1) is 14.2. The van der Waals surface area contributed by atoms with Gasteiger partial charge in [-0.25, -0.2) is 0 Å². The maximum Gasteiger partial charge on any atom is 0.174 e. The Balaban J connectivity index is 1.62. The number of thiocarbonyl (C=S) groups is 1. The van der Waals surface area contributed by atoms with Crippen LogP contribution < -0.4 is 5.32 Å². The maximum atomic E-state index is 9.58. The number of aryl methyl sites for hydroxylation is 1. The molecule has 1 aliphatic heterocycles. The van der Waals surface area contributed by atoms with E-state index in [0.717, 1.165) is 48.0 Å². The highest BCUT2D eigenvalue weighted by atomic mass is 32.1. The summed E-state index contributed by atoms with van der Waals surface area (Å²) in [4.78, 5) is 6.79. The van der Waals surface area contributed by atoms with Crippen LogP contribution in [0.2, 0.25) is 0 Å². The molecule has 0 amide bonds. The zero-order valence-electron chi connectivity index (χ0n) is 16.8. The van der Waals surface area contributed by atoms with Crippen LogP contribution in [-0.2, 0) is 19.4 Å². The van der Waals surface area contributed by atoms with Gasteiger partial charge in [0.25, 0.3) is 0 Å². The minimum Gasteiger partial charge on any atom is -0.396 e. The molecule has 1 atom stereocenters. The van der Waals surface area contributed by atoms with Gasteiger partial charge >= 0.3 is 0 Å². The van der Waals surface area contributed by atoms with Gasteiger partial charge in [0.05, 0.1) is 0 Å². The lowest BCUT2D eigenvalue weighted by molar-refractivity contribution is 0.207. The van der Waals surface area contributed by atoms with Crippen LogP contribution in [0.3, 0.4) is 0 Å². The number of nitrogens with zero attached hydrogens (tertiary/aromatic N) is 2. The number of anilines is 1. The largest absolute Gasteiger partial charge is 0.396 e. The Morgan fingerprint density at radius 2 is 2.03 bits per heavy atom. The highest BCUT2D eigenvalue weighted by Gasteiger charge is 2.27. The van der Waals surface area contributed by atoms with Crippen molar-refractivity contribution in [2.45, 2.75) is 45.2 Å². The first-order valence-corrected chi connectivity index (χ1v) is 10.7. The number of aliphatic hydroxyl groups excluding tert-OH is 1. The zero-order chi connectivity index (χ0) is 20.2. The van der Waals surface area contributed by atoms with E-state index in [1.807, 2.05) is 12.3 Å². The Morgan fingerprint density at radius 3 is 2.83 bits per heavy atom. The molecule has 0 fully saturated rings. The van der Waals surface area contributed by atoms with Crippen molar-refractivity contribution in [1.29, 1.82) is 0 Å². The van der Waals surface area contributed by atoms with Crippen molar-refractivity contribution in [3.8, 4) is 0 Å². The lowest BCUT2D eigenvalue weighted by atomic mass is 9.93. The summed E-state index contributed by atoms with van der Waals surface area (Å²) in [5.74, 6) is 0. The van der Waals surface area contributed by atoms with Crippen molar-refractivity contribution in [3.63, 3.8) is 0 Å². The van der Waals surface area contributed by atoms with Crippen molar-refractivity contribution in [2.24, 2.45) is 0 Å². The van der Waals surface area contributed by atoms with E-state index < -0.39 is 0 Å². The number of hydrogen-bond donors (Lipinski definition) is 2. The van der Waals surface area contributed by atoms with Gasteiger partial charge in [0, 0.05) is 47.5 Å². The van der Waals surface area contributed by atoms with E-state index >= 15 is 0 Å². The fraction of sp³-hybridized carbons (Fsp3) is 0.333. The van der Waals surface area contributed by atoms with Crippen molar-refractivity contribution < 1.29 is 5.11 Å². The minimum absolute atomic E-state index is 0.159. The van der Waals surface area contributed by atoms with Gasteiger partial charge in [-0.2, -0.15) is 0 Å². The van der Waals surface area contributed by atoms with Crippen LogP contribution >= 0.6 is 12.2 Å². The number of aliphatic hydroxyl groups is 1. The standard InChI is InChI=1S/C24H27N3OS/c1-2-6-20-14-22-18(15-25-20)9-5-10-23(22)26-24(29)27-16-19-8-4-3-7-17(19)13-21(27)11-12-28/h3-5,7-10,14-15,21,28H,2,6,11-13,16H2,1H3,(H,26,29)/t21-/m1/s1. The molecule has 1 aliphatic rings. The summed E-state index contributed by atoms with van der Waals surface area (Å²) >= 11 is 5.84. The lowest BCUT2D eigenvalue weighted by Gasteiger charge is -2.38. The molecule has 0 aliphatic carbocycles. The second-order valence-electron chi connectivity index (χ2n) is 7.65. The molecule has 2 heterocycles. The number of hydrogen-bond acceptors (Lipinski definition) is 3. The van der Waals surface area contributed by atoms with Crippen LogP contribution in [0.4, 0.5) is 5.69 Å². The molecule has 3 aromatic rings. The molecule has 0 bridgehead atoms. The molecular formula is C24H27N3OS. The molecule has 150 valence electrons. The summed E-state index contributed by atoms with van der Waals surface area (Å²) < 4.78 is 0. The third kappa shape index (κ3) is 4.26. The highest BCUT2D eigenvalue weighted by Crippen LogP contribution is 2.28. The second-order valence-corrected chi connectivity index (χ2v) is 8.04. The third-order valence-corrected chi connectivity index (χ3v) is 5.98. The molecule has 0 saturated carbocycles. The molecule has 0 saturated heterocycles. The van der Waals surface area contributed by atoms with E-state index in [-0.39, 0.29) is 12.6 Å². The molecular weight excluding hydrogens is 378 g/mol. The molecule has 4 rings (SSSR count). The molecule has 5 heteroatoms. The Kier molecular flexibility index (Phi) is 6.07. The van der Waals surface area contributed by atoms with Gasteiger partial charge in [0.15, 0.2) is 5.11 Å². The van der Waals surface area contributed by atoms with Crippen LogP contribution in [0.25, 0.3) is 10.8 Å². The average Bonchev–Trinajstić information content (AvgIpc) is 2.74. The Morgan fingerprint density at radius 1 is 1.21 bits per heavy atom. The van der Waals surface area contributed by atoms with Crippen molar-refractivity contribution >= 4 is 33.8 Å². The van der Waals surface area contributed by atoms with E-state index in [9.17, 15) is 5.11 Å². The van der Waals surface area contributed by atoms with Crippen LogP contribution in [0.15, 0.2) is 54.7 Å². The molecule has 0 unspecified atom stereocenters. The molecule has 4 nitrogen and oxygen atoms in total. The summed E-state index contributed by atoms with van der Waals surface area (Å²) in [6.07, 6.45) is 5.59. The summed E-state index contributed by atoms with van der Waals surface area (Å²) in [5.41, 5.74) is 4.77. The summed E-state index contributed by atoms with van der Waals surface area (Å²) in [6.45, 7) is 3.09. The number of fused-ring (bicyclic) bond motifs is 2. The smallest absolute Gasteiger partial charge is 0.174 e. The number of rotatable bonds is 5. The predicted octanol–water partition coefficient (Wildman–Crippen LogP) is 4.69. The number of aromatic nitrogens is 1. The van der Waals surface area contributed by atoms with Gasteiger partial charge in [-0.1, -0.05) is 49.7 Å². The van der Waals surface area contributed by atoms with E-state index in [4.69, 9.17) is 12.2 Å². The molecule has 2 aromatic carbocycles. The van der Waals surface area contributed by atoms with E-state index in [0.29, 0.717) is 11.5 Å². The van der Waals surface area contributed by atoms with E-state index in [1.165, 1.54) is 11.1 Å². The minimum atomic E-state index is 0.159. The molecule has 2 N–H and O–H groups in total. The summed E-state index contributed by atoms with van der Waals surface area (Å²) in [5, 5.41) is 16.0.